The lowest BCUT2D eigenvalue weighted by Crippen LogP contribution is -2.47. The summed E-state index contributed by atoms with van der Waals surface area (Å²) in [5.74, 6) is -2.15. The summed E-state index contributed by atoms with van der Waals surface area (Å²) in [4.78, 5) is 0. The summed E-state index contributed by atoms with van der Waals surface area (Å²) >= 11 is 0. The second-order valence-electron chi connectivity index (χ2n) is 4.73. The Morgan fingerprint density at radius 3 is 2.63 bits per heavy atom. The molecule has 0 amide bonds. The standard InChI is InChI=1S/C13H14F4O2/c1-19-11-8(4-2-6-10(11)14)9-5-3-7-12(9,18)13(15,16)17/h2,4,6,9,18H,3,5,7H2,1H3/t9-,12+/m0/s1. The van der Waals surface area contributed by atoms with Crippen LogP contribution in [0.4, 0.5) is 17.6 Å². The molecular weight excluding hydrogens is 264 g/mol. The molecule has 1 aliphatic carbocycles. The molecule has 0 bridgehead atoms. The van der Waals surface area contributed by atoms with Gasteiger partial charge in [-0.1, -0.05) is 12.1 Å². The highest BCUT2D eigenvalue weighted by atomic mass is 19.4. The Bertz CT molecular complexity index is 472. The van der Waals surface area contributed by atoms with E-state index < -0.39 is 23.5 Å². The number of benzene rings is 1. The van der Waals surface area contributed by atoms with Gasteiger partial charge in [0, 0.05) is 11.5 Å². The van der Waals surface area contributed by atoms with E-state index in [0.29, 0.717) is 0 Å². The topological polar surface area (TPSA) is 29.5 Å². The molecule has 1 aromatic rings. The quantitative estimate of drug-likeness (QED) is 0.840. The zero-order chi connectivity index (χ0) is 14.3. The summed E-state index contributed by atoms with van der Waals surface area (Å²) in [6, 6.07) is 3.81. The first-order valence-electron chi connectivity index (χ1n) is 5.93. The van der Waals surface area contributed by atoms with Crippen molar-refractivity contribution in [3.63, 3.8) is 0 Å². The van der Waals surface area contributed by atoms with Gasteiger partial charge in [-0.2, -0.15) is 13.2 Å². The molecule has 1 aromatic carbocycles. The Hall–Kier alpha value is -1.30. The minimum atomic E-state index is -4.74. The second kappa shape index (κ2) is 4.67. The molecule has 0 aliphatic heterocycles. The number of aliphatic hydroxyl groups is 1. The number of alkyl halides is 3. The first-order chi connectivity index (χ1) is 8.81. The Labute approximate surface area is 108 Å². The summed E-state index contributed by atoms with van der Waals surface area (Å²) in [5.41, 5.74) is -2.74. The molecule has 0 saturated heterocycles. The molecule has 2 rings (SSSR count). The van der Waals surface area contributed by atoms with Crippen LogP contribution in [0.3, 0.4) is 0 Å². The van der Waals surface area contributed by atoms with E-state index in [9.17, 15) is 22.7 Å². The van der Waals surface area contributed by atoms with E-state index in [1.54, 1.807) is 0 Å². The highest BCUT2D eigenvalue weighted by Gasteiger charge is 2.61. The summed E-state index contributed by atoms with van der Waals surface area (Å²) in [5, 5.41) is 9.95. The Morgan fingerprint density at radius 1 is 1.37 bits per heavy atom. The van der Waals surface area contributed by atoms with Gasteiger partial charge in [0.25, 0.3) is 0 Å². The summed E-state index contributed by atoms with van der Waals surface area (Å²) < 4.78 is 57.5. The maximum absolute atomic E-state index is 13.6. The van der Waals surface area contributed by atoms with Gasteiger partial charge in [0.05, 0.1) is 7.11 Å². The zero-order valence-electron chi connectivity index (χ0n) is 10.3. The fraction of sp³-hybridized carbons (Fsp3) is 0.538. The predicted molar refractivity (Wildman–Crippen MR) is 60.5 cm³/mol. The molecule has 6 heteroatoms. The second-order valence-corrected chi connectivity index (χ2v) is 4.73. The lowest BCUT2D eigenvalue weighted by molar-refractivity contribution is -0.263. The van der Waals surface area contributed by atoms with E-state index in [2.05, 4.69) is 0 Å². The Kier molecular flexibility index (Phi) is 3.47. The van der Waals surface area contributed by atoms with E-state index in [-0.39, 0.29) is 30.6 Å². The molecule has 0 unspecified atom stereocenters. The molecule has 0 heterocycles. The van der Waals surface area contributed by atoms with E-state index in [0.717, 1.165) is 6.07 Å². The van der Waals surface area contributed by atoms with Crippen LogP contribution in [-0.4, -0.2) is 24.0 Å². The van der Waals surface area contributed by atoms with Crippen LogP contribution in [0, 0.1) is 5.82 Å². The average molecular weight is 278 g/mol. The van der Waals surface area contributed by atoms with Crippen LogP contribution < -0.4 is 4.74 Å². The molecule has 0 aromatic heterocycles. The average Bonchev–Trinajstić information content (AvgIpc) is 2.71. The Morgan fingerprint density at radius 2 is 2.05 bits per heavy atom. The van der Waals surface area contributed by atoms with E-state index in [1.165, 1.54) is 19.2 Å². The van der Waals surface area contributed by atoms with Gasteiger partial charge < -0.3 is 9.84 Å². The number of hydrogen-bond acceptors (Lipinski definition) is 2. The van der Waals surface area contributed by atoms with Crippen molar-refractivity contribution >= 4 is 0 Å². The lowest BCUT2D eigenvalue weighted by Gasteiger charge is -2.33. The Balaban J connectivity index is 2.50. The zero-order valence-corrected chi connectivity index (χ0v) is 10.3. The summed E-state index contributed by atoms with van der Waals surface area (Å²) in [7, 11) is 1.20. The van der Waals surface area contributed by atoms with Crippen LogP contribution in [0.2, 0.25) is 0 Å². The van der Waals surface area contributed by atoms with Gasteiger partial charge in [0.1, 0.15) is 0 Å². The first kappa shape index (κ1) is 14.1. The molecule has 106 valence electrons. The van der Waals surface area contributed by atoms with Gasteiger partial charge in [-0.3, -0.25) is 0 Å². The van der Waals surface area contributed by atoms with Crippen molar-refractivity contribution in [2.45, 2.75) is 37.0 Å². The molecule has 0 radical (unpaired) electrons. The highest BCUT2D eigenvalue weighted by Crippen LogP contribution is 2.53. The number of halogens is 4. The third kappa shape index (κ3) is 2.18. The van der Waals surface area contributed by atoms with Crippen molar-refractivity contribution < 1.29 is 27.4 Å². The number of methoxy groups -OCH3 is 1. The van der Waals surface area contributed by atoms with E-state index >= 15 is 0 Å². The molecule has 19 heavy (non-hydrogen) atoms. The minimum Gasteiger partial charge on any atom is -0.493 e. The number of ether oxygens (including phenoxy) is 1. The van der Waals surface area contributed by atoms with Crippen molar-refractivity contribution in [1.29, 1.82) is 0 Å². The molecule has 0 spiro atoms. The first-order valence-corrected chi connectivity index (χ1v) is 5.93. The normalized spacial score (nSPS) is 27.6. The summed E-state index contributed by atoms with van der Waals surface area (Å²) in [6.07, 6.45) is -4.73. The van der Waals surface area contributed by atoms with Gasteiger partial charge in [0.15, 0.2) is 17.2 Å². The monoisotopic (exact) mass is 278 g/mol. The lowest BCUT2D eigenvalue weighted by atomic mass is 9.84. The van der Waals surface area contributed by atoms with Crippen LogP contribution in [0.5, 0.6) is 5.75 Å². The third-order valence-electron chi connectivity index (χ3n) is 3.70. The molecule has 2 nitrogen and oxygen atoms in total. The predicted octanol–water partition coefficient (Wildman–Crippen LogP) is 3.40. The number of hydrogen-bond donors (Lipinski definition) is 1. The van der Waals surface area contributed by atoms with Crippen LogP contribution >= 0.6 is 0 Å². The fourth-order valence-electron chi connectivity index (χ4n) is 2.76. The van der Waals surface area contributed by atoms with Gasteiger partial charge >= 0.3 is 6.18 Å². The summed E-state index contributed by atoms with van der Waals surface area (Å²) in [6.45, 7) is 0. The maximum Gasteiger partial charge on any atom is 0.417 e. The maximum atomic E-state index is 13.6. The van der Waals surface area contributed by atoms with Crippen molar-refractivity contribution in [3.8, 4) is 5.75 Å². The third-order valence-corrected chi connectivity index (χ3v) is 3.70. The SMILES string of the molecule is COc1c(F)cccc1[C@@H]1CCC[C@]1(O)C(F)(F)F. The molecule has 1 fully saturated rings. The van der Waals surface area contributed by atoms with Crippen molar-refractivity contribution in [3.05, 3.63) is 29.6 Å². The van der Waals surface area contributed by atoms with Gasteiger partial charge in [0.2, 0.25) is 0 Å². The largest absolute Gasteiger partial charge is 0.493 e. The fourth-order valence-corrected chi connectivity index (χ4v) is 2.76. The minimum absolute atomic E-state index is 0.0693. The highest BCUT2D eigenvalue weighted by molar-refractivity contribution is 5.40. The number of rotatable bonds is 2. The molecule has 1 N–H and O–H groups in total. The van der Waals surface area contributed by atoms with E-state index in [4.69, 9.17) is 4.74 Å². The van der Waals surface area contributed by atoms with Crippen molar-refractivity contribution in [1.82, 2.24) is 0 Å². The smallest absolute Gasteiger partial charge is 0.417 e. The molecule has 1 aliphatic rings. The van der Waals surface area contributed by atoms with Crippen LogP contribution in [-0.2, 0) is 0 Å². The van der Waals surface area contributed by atoms with Crippen LogP contribution in [0.25, 0.3) is 0 Å². The molecule has 1 saturated carbocycles. The van der Waals surface area contributed by atoms with Gasteiger partial charge in [-0.25, -0.2) is 4.39 Å². The van der Waals surface area contributed by atoms with E-state index in [1.807, 2.05) is 0 Å². The number of para-hydroxylation sites is 1. The van der Waals surface area contributed by atoms with Crippen LogP contribution in [0.1, 0.15) is 30.7 Å². The van der Waals surface area contributed by atoms with Crippen LogP contribution in [0.15, 0.2) is 18.2 Å². The molecular formula is C13H14F4O2. The van der Waals surface area contributed by atoms with Crippen molar-refractivity contribution in [2.75, 3.05) is 7.11 Å². The molecule has 2 atom stereocenters. The van der Waals surface area contributed by atoms with Gasteiger partial charge in [-0.15, -0.1) is 0 Å². The van der Waals surface area contributed by atoms with Crippen molar-refractivity contribution in [2.24, 2.45) is 0 Å². The van der Waals surface area contributed by atoms with Gasteiger partial charge in [-0.05, 0) is 25.3 Å².